The number of alkyl halides is 3. The Kier molecular flexibility index (Phi) is 7.92. The number of nitrogens with zero attached hydrogens (tertiary/aromatic N) is 2. The molecule has 1 aromatic heterocycles. The molecule has 2 aromatic rings. The van der Waals surface area contributed by atoms with E-state index in [1.165, 1.54) is 6.07 Å². The molecule has 1 amide bonds. The van der Waals surface area contributed by atoms with E-state index in [1.54, 1.807) is 30.3 Å². The number of aromatic nitrogens is 1. The van der Waals surface area contributed by atoms with Crippen molar-refractivity contribution < 1.29 is 27.8 Å². The molecule has 2 aliphatic carbocycles. The molecule has 40 heavy (non-hydrogen) atoms. The Bertz CT molecular complexity index is 1210. The summed E-state index contributed by atoms with van der Waals surface area (Å²) < 4.78 is 45.1. The van der Waals surface area contributed by atoms with Gasteiger partial charge in [-0.15, -0.1) is 0 Å². The fourth-order valence-electron chi connectivity index (χ4n) is 7.07. The van der Waals surface area contributed by atoms with Gasteiger partial charge >= 0.3 is 6.18 Å². The lowest BCUT2D eigenvalue weighted by molar-refractivity contribution is -0.145. The number of nitrogens with one attached hydrogen (secondary N) is 1. The lowest BCUT2D eigenvalue weighted by Crippen LogP contribution is -2.49. The number of methoxy groups -OCH3 is 1. The minimum Gasteiger partial charge on any atom is -0.481 e. The molecule has 2 fully saturated rings. The van der Waals surface area contributed by atoms with Gasteiger partial charge in [0.15, 0.2) is 0 Å². The van der Waals surface area contributed by atoms with Crippen LogP contribution in [0.4, 0.5) is 13.2 Å². The Morgan fingerprint density at radius 3 is 2.45 bits per heavy atom. The van der Waals surface area contributed by atoms with Crippen molar-refractivity contribution in [3.05, 3.63) is 58.8 Å². The topological polar surface area (TPSA) is 74.7 Å². The van der Waals surface area contributed by atoms with Crippen LogP contribution in [0, 0.1) is 11.3 Å². The fourth-order valence-corrected chi connectivity index (χ4v) is 7.07. The van der Waals surface area contributed by atoms with Crippen LogP contribution in [-0.4, -0.2) is 46.6 Å². The first kappa shape index (κ1) is 28.9. The summed E-state index contributed by atoms with van der Waals surface area (Å²) in [6.45, 7) is 4.93. The number of carbonyl (C=O) groups excluding carboxylic acids is 1. The van der Waals surface area contributed by atoms with E-state index < -0.39 is 22.8 Å². The Hall–Kier alpha value is -2.65. The Balaban J connectivity index is 1.21. The average molecular weight is 560 g/mol. The number of fused-ring (bicyclic) bond motifs is 1. The highest BCUT2D eigenvalue weighted by atomic mass is 19.4. The third-order valence-corrected chi connectivity index (χ3v) is 9.68. The highest BCUT2D eigenvalue weighted by Gasteiger charge is 2.50. The van der Waals surface area contributed by atoms with Crippen molar-refractivity contribution in [3.8, 4) is 5.88 Å². The van der Waals surface area contributed by atoms with Crippen LogP contribution in [0.15, 0.2) is 36.5 Å². The molecular weight excluding hydrogens is 519 g/mol. The van der Waals surface area contributed by atoms with Gasteiger partial charge in [-0.05, 0) is 86.6 Å². The maximum absolute atomic E-state index is 14.0. The molecule has 3 aliphatic rings. The quantitative estimate of drug-likeness (QED) is 0.482. The molecular formula is C31H40F3N3O3. The summed E-state index contributed by atoms with van der Waals surface area (Å²) >= 11 is 0. The number of rotatable bonds is 6. The van der Waals surface area contributed by atoms with Gasteiger partial charge in [-0.25, -0.2) is 4.98 Å². The number of hydrogen-bond donors (Lipinski definition) is 2. The number of amides is 1. The van der Waals surface area contributed by atoms with Crippen LogP contribution < -0.4 is 10.1 Å². The maximum Gasteiger partial charge on any atom is 0.416 e. The van der Waals surface area contributed by atoms with Gasteiger partial charge in [-0.3, -0.25) is 4.79 Å². The van der Waals surface area contributed by atoms with E-state index in [-0.39, 0.29) is 30.5 Å². The zero-order chi connectivity index (χ0) is 28.7. The van der Waals surface area contributed by atoms with Crippen LogP contribution in [0.5, 0.6) is 5.88 Å². The van der Waals surface area contributed by atoms with Crippen molar-refractivity contribution >= 4 is 5.91 Å². The number of pyridine rings is 1. The Morgan fingerprint density at radius 2 is 1.82 bits per heavy atom. The van der Waals surface area contributed by atoms with Gasteiger partial charge in [0.2, 0.25) is 11.8 Å². The van der Waals surface area contributed by atoms with E-state index in [0.717, 1.165) is 49.3 Å². The average Bonchev–Trinajstić information content (AvgIpc) is 3.38. The zero-order valence-electron chi connectivity index (χ0n) is 23.6. The van der Waals surface area contributed by atoms with Gasteiger partial charge in [0.25, 0.3) is 0 Å². The van der Waals surface area contributed by atoms with E-state index in [1.807, 2.05) is 6.07 Å². The number of ether oxygens (including phenoxy) is 1. The van der Waals surface area contributed by atoms with Gasteiger partial charge in [-0.2, -0.15) is 13.2 Å². The van der Waals surface area contributed by atoms with Crippen molar-refractivity contribution in [1.29, 1.82) is 0 Å². The van der Waals surface area contributed by atoms with E-state index in [0.29, 0.717) is 37.3 Å². The Morgan fingerprint density at radius 1 is 1.10 bits per heavy atom. The summed E-state index contributed by atoms with van der Waals surface area (Å²) in [4.78, 5) is 20.0. The van der Waals surface area contributed by atoms with Gasteiger partial charge in [0.05, 0.1) is 23.7 Å². The first-order chi connectivity index (χ1) is 18.9. The fraction of sp³-hybridized carbons (Fsp3) is 0.613. The van der Waals surface area contributed by atoms with Crippen LogP contribution in [-0.2, 0) is 29.5 Å². The van der Waals surface area contributed by atoms with Crippen LogP contribution in [0.1, 0.15) is 81.0 Å². The van der Waals surface area contributed by atoms with E-state index in [2.05, 4.69) is 24.1 Å². The summed E-state index contributed by atoms with van der Waals surface area (Å²) in [7, 11) is 1.57. The molecule has 2 N–H and O–H groups in total. The monoisotopic (exact) mass is 559 g/mol. The SMILES string of the molecule is COc1ccc(C2(O)CCC(N[C@@H]3CC[C@@](C(=O)N4CCc5ccc(C(F)(F)F)cc5C4)(C(C)C)C3)CC2)cn1. The predicted molar refractivity (Wildman–Crippen MR) is 146 cm³/mol. The molecule has 0 bridgehead atoms. The predicted octanol–water partition coefficient (Wildman–Crippen LogP) is 5.61. The van der Waals surface area contributed by atoms with E-state index in [4.69, 9.17) is 4.74 Å². The van der Waals surface area contributed by atoms with Crippen molar-refractivity contribution in [2.45, 2.75) is 95.6 Å². The van der Waals surface area contributed by atoms with Crippen LogP contribution in [0.25, 0.3) is 0 Å². The zero-order valence-corrected chi connectivity index (χ0v) is 23.6. The van der Waals surface area contributed by atoms with E-state index in [9.17, 15) is 23.1 Å². The van der Waals surface area contributed by atoms with Crippen molar-refractivity contribution in [3.63, 3.8) is 0 Å². The maximum atomic E-state index is 14.0. The minimum atomic E-state index is -4.40. The number of carbonyl (C=O) groups is 1. The molecule has 1 aliphatic heterocycles. The normalized spacial score (nSPS) is 28.9. The summed E-state index contributed by atoms with van der Waals surface area (Å²) in [5.41, 5.74) is 0.212. The third kappa shape index (κ3) is 5.59. The minimum absolute atomic E-state index is 0.0693. The third-order valence-electron chi connectivity index (χ3n) is 9.68. The summed E-state index contributed by atoms with van der Waals surface area (Å²) in [5.74, 6) is 0.709. The van der Waals surface area contributed by atoms with Crippen LogP contribution in [0.2, 0.25) is 0 Å². The summed E-state index contributed by atoms with van der Waals surface area (Å²) in [5, 5.41) is 15.1. The number of halogens is 3. The standard InChI is InChI=1S/C31H40F3N3O3/c1-20(2)29(28(38)37-15-11-21-4-5-23(31(32,33)34)16-22(21)19-37)12-8-26(17-29)36-25-9-13-30(39,14-10-25)24-6-7-27(40-3)35-18-24/h4-7,16,18,20,25-26,36,39H,8-15,17,19H2,1-3H3/t25?,26-,29+,30?/m1/s1. The van der Waals surface area contributed by atoms with Gasteiger partial charge < -0.3 is 20.1 Å². The van der Waals surface area contributed by atoms with Crippen LogP contribution >= 0.6 is 0 Å². The molecule has 5 rings (SSSR count). The smallest absolute Gasteiger partial charge is 0.416 e. The molecule has 0 spiro atoms. The molecule has 218 valence electrons. The van der Waals surface area contributed by atoms with E-state index >= 15 is 0 Å². The second kappa shape index (κ2) is 11.0. The first-order valence-electron chi connectivity index (χ1n) is 14.4. The summed E-state index contributed by atoms with van der Waals surface area (Å²) in [6, 6.07) is 8.01. The number of benzene rings is 1. The number of hydrogen-bond acceptors (Lipinski definition) is 5. The lowest BCUT2D eigenvalue weighted by atomic mass is 9.73. The molecule has 2 heterocycles. The first-order valence-corrected chi connectivity index (χ1v) is 14.4. The van der Waals surface area contributed by atoms with Crippen molar-refractivity contribution in [1.82, 2.24) is 15.2 Å². The molecule has 9 heteroatoms. The number of aliphatic hydroxyl groups is 1. The molecule has 1 aromatic carbocycles. The highest BCUT2D eigenvalue weighted by molar-refractivity contribution is 5.84. The molecule has 6 nitrogen and oxygen atoms in total. The molecule has 2 atom stereocenters. The molecule has 0 radical (unpaired) electrons. The van der Waals surface area contributed by atoms with Gasteiger partial charge in [0.1, 0.15) is 0 Å². The second-order valence-corrected chi connectivity index (χ2v) is 12.3. The van der Waals surface area contributed by atoms with Crippen molar-refractivity contribution in [2.24, 2.45) is 11.3 Å². The molecule has 0 unspecified atom stereocenters. The highest BCUT2D eigenvalue weighted by Crippen LogP contribution is 2.47. The second-order valence-electron chi connectivity index (χ2n) is 12.3. The van der Waals surface area contributed by atoms with Crippen LogP contribution in [0.3, 0.4) is 0 Å². The lowest BCUT2D eigenvalue weighted by Gasteiger charge is -2.40. The largest absolute Gasteiger partial charge is 0.481 e. The summed E-state index contributed by atoms with van der Waals surface area (Å²) in [6.07, 6.45) is 3.15. The molecule has 2 saturated carbocycles. The molecule has 0 saturated heterocycles. The van der Waals surface area contributed by atoms with Crippen molar-refractivity contribution in [2.75, 3.05) is 13.7 Å². The van der Waals surface area contributed by atoms with Gasteiger partial charge in [-0.1, -0.05) is 19.9 Å². The Labute approximate surface area is 234 Å². The van der Waals surface area contributed by atoms with Gasteiger partial charge in [0, 0.05) is 43.0 Å².